The number of nitrogens with zero attached hydrogens (tertiary/aromatic N) is 3. The van der Waals surface area contributed by atoms with Gasteiger partial charge in [-0.3, -0.25) is 5.32 Å². The summed E-state index contributed by atoms with van der Waals surface area (Å²) in [6, 6.07) is 2.18. The van der Waals surface area contributed by atoms with Gasteiger partial charge >= 0.3 is 6.03 Å². The highest BCUT2D eigenvalue weighted by molar-refractivity contribution is 5.88. The Labute approximate surface area is 120 Å². The Morgan fingerprint density at radius 2 is 2.24 bits per heavy atom. The van der Waals surface area contributed by atoms with Gasteiger partial charge in [0.1, 0.15) is 17.2 Å². The number of amides is 2. The summed E-state index contributed by atoms with van der Waals surface area (Å²) in [7, 11) is 0. The Bertz CT molecular complexity index is 651. The van der Waals surface area contributed by atoms with Gasteiger partial charge in [0.15, 0.2) is 5.82 Å². The normalized spacial score (nSPS) is 16.1. The van der Waals surface area contributed by atoms with E-state index in [1.54, 1.807) is 6.92 Å². The molecule has 0 radical (unpaired) electrons. The van der Waals surface area contributed by atoms with Gasteiger partial charge in [0.2, 0.25) is 5.89 Å². The Kier molecular flexibility index (Phi) is 3.28. The van der Waals surface area contributed by atoms with Crippen LogP contribution in [0, 0.1) is 12.7 Å². The van der Waals surface area contributed by atoms with Crippen molar-refractivity contribution in [1.82, 2.24) is 20.4 Å². The predicted molar refractivity (Wildman–Crippen MR) is 70.9 cm³/mol. The fourth-order valence-electron chi connectivity index (χ4n) is 2.24. The lowest BCUT2D eigenvalue weighted by atomic mass is 9.76. The summed E-state index contributed by atoms with van der Waals surface area (Å²) in [5, 5.41) is 9.30. The average Bonchev–Trinajstić information content (AvgIpc) is 2.83. The quantitative estimate of drug-likeness (QED) is 0.903. The van der Waals surface area contributed by atoms with Gasteiger partial charge in [0.05, 0.1) is 6.20 Å². The van der Waals surface area contributed by atoms with E-state index in [1.165, 1.54) is 12.1 Å². The van der Waals surface area contributed by atoms with Crippen LogP contribution in [-0.4, -0.2) is 21.2 Å². The van der Waals surface area contributed by atoms with Crippen molar-refractivity contribution in [1.29, 1.82) is 0 Å². The second kappa shape index (κ2) is 5.12. The summed E-state index contributed by atoms with van der Waals surface area (Å²) in [6.07, 6.45) is 3.51. The molecular formula is C13H14FN5O2. The van der Waals surface area contributed by atoms with Crippen LogP contribution in [0.4, 0.5) is 15.0 Å². The SMILES string of the molecule is Cc1nc(C2(NC(=O)Nc3ccc(F)cn3)CCC2)no1. The van der Waals surface area contributed by atoms with Crippen molar-refractivity contribution in [3.63, 3.8) is 0 Å². The molecule has 0 aromatic carbocycles. The topological polar surface area (TPSA) is 92.9 Å². The number of carbonyl (C=O) groups excluding carboxylic acids is 1. The lowest BCUT2D eigenvalue weighted by Crippen LogP contribution is -2.52. The second-order valence-corrected chi connectivity index (χ2v) is 5.01. The van der Waals surface area contributed by atoms with Crippen LogP contribution in [0.1, 0.15) is 31.0 Å². The summed E-state index contributed by atoms with van der Waals surface area (Å²) in [4.78, 5) is 20.0. The molecule has 21 heavy (non-hydrogen) atoms. The van der Waals surface area contributed by atoms with E-state index in [9.17, 15) is 9.18 Å². The maximum Gasteiger partial charge on any atom is 0.321 e. The predicted octanol–water partition coefficient (Wildman–Crippen LogP) is 2.11. The fourth-order valence-corrected chi connectivity index (χ4v) is 2.24. The first-order valence-corrected chi connectivity index (χ1v) is 6.59. The molecule has 0 aliphatic heterocycles. The molecule has 2 amide bonds. The molecule has 110 valence electrons. The number of aryl methyl sites for hydroxylation is 1. The number of aromatic nitrogens is 3. The Hall–Kier alpha value is -2.51. The number of anilines is 1. The first-order chi connectivity index (χ1) is 10.1. The minimum Gasteiger partial charge on any atom is -0.340 e. The number of pyridine rings is 1. The summed E-state index contributed by atoms with van der Waals surface area (Å²) in [5.74, 6) is 0.749. The van der Waals surface area contributed by atoms with Crippen molar-refractivity contribution in [2.45, 2.75) is 31.7 Å². The lowest BCUT2D eigenvalue weighted by Gasteiger charge is -2.39. The van der Waals surface area contributed by atoms with E-state index in [0.29, 0.717) is 11.7 Å². The molecule has 2 N–H and O–H groups in total. The minimum absolute atomic E-state index is 0.271. The third kappa shape index (κ3) is 2.69. The van der Waals surface area contributed by atoms with E-state index in [0.717, 1.165) is 25.5 Å². The molecule has 2 aromatic rings. The standard InChI is InChI=1S/C13H14FN5O2/c1-8-16-11(19-21-8)13(5-2-6-13)18-12(20)17-10-4-3-9(14)7-15-10/h3-4,7H,2,5-6H2,1H3,(H2,15,17,18,20). The summed E-state index contributed by atoms with van der Waals surface area (Å²) < 4.78 is 17.7. The first-order valence-electron chi connectivity index (χ1n) is 6.59. The first kappa shape index (κ1) is 13.5. The van der Waals surface area contributed by atoms with E-state index in [-0.39, 0.29) is 5.82 Å². The molecule has 0 atom stereocenters. The Morgan fingerprint density at radius 3 is 2.76 bits per heavy atom. The lowest BCUT2D eigenvalue weighted by molar-refractivity contribution is 0.171. The number of urea groups is 1. The van der Waals surface area contributed by atoms with Crippen LogP contribution < -0.4 is 10.6 Å². The summed E-state index contributed by atoms with van der Waals surface area (Å²) >= 11 is 0. The molecule has 1 aliphatic rings. The van der Waals surface area contributed by atoms with Crippen LogP contribution in [0.5, 0.6) is 0 Å². The van der Waals surface area contributed by atoms with E-state index in [1.807, 2.05) is 0 Å². The fraction of sp³-hybridized carbons (Fsp3) is 0.385. The van der Waals surface area contributed by atoms with Gasteiger partial charge < -0.3 is 9.84 Å². The van der Waals surface area contributed by atoms with Gasteiger partial charge in [-0.15, -0.1) is 0 Å². The molecule has 1 saturated carbocycles. The number of nitrogens with one attached hydrogen (secondary N) is 2. The van der Waals surface area contributed by atoms with Gasteiger partial charge in [-0.05, 0) is 31.4 Å². The number of hydrogen-bond donors (Lipinski definition) is 2. The van der Waals surface area contributed by atoms with Crippen LogP contribution in [0.25, 0.3) is 0 Å². The van der Waals surface area contributed by atoms with Crippen molar-refractivity contribution in [2.24, 2.45) is 0 Å². The maximum absolute atomic E-state index is 12.8. The van der Waals surface area contributed by atoms with Crippen molar-refractivity contribution in [3.8, 4) is 0 Å². The number of hydrogen-bond acceptors (Lipinski definition) is 5. The number of halogens is 1. The third-order valence-corrected chi connectivity index (χ3v) is 3.48. The molecule has 1 aliphatic carbocycles. The minimum atomic E-state index is -0.595. The van der Waals surface area contributed by atoms with E-state index >= 15 is 0 Å². The van der Waals surface area contributed by atoms with E-state index < -0.39 is 17.4 Å². The van der Waals surface area contributed by atoms with Crippen LogP contribution >= 0.6 is 0 Å². The molecule has 0 spiro atoms. The molecule has 0 bridgehead atoms. The maximum atomic E-state index is 12.8. The monoisotopic (exact) mass is 291 g/mol. The van der Waals surface area contributed by atoms with Gasteiger partial charge in [-0.2, -0.15) is 4.98 Å². The van der Waals surface area contributed by atoms with Gasteiger partial charge in [0.25, 0.3) is 0 Å². The summed E-state index contributed by atoms with van der Waals surface area (Å²) in [5.41, 5.74) is -0.595. The Balaban J connectivity index is 1.69. The zero-order chi connectivity index (χ0) is 14.9. The number of rotatable bonds is 3. The van der Waals surface area contributed by atoms with Gasteiger partial charge in [0, 0.05) is 6.92 Å². The smallest absolute Gasteiger partial charge is 0.321 e. The molecule has 2 aromatic heterocycles. The highest BCUT2D eigenvalue weighted by Crippen LogP contribution is 2.39. The van der Waals surface area contributed by atoms with E-state index in [2.05, 4.69) is 25.8 Å². The molecule has 1 fully saturated rings. The van der Waals surface area contributed by atoms with Crippen molar-refractivity contribution in [2.75, 3.05) is 5.32 Å². The highest BCUT2D eigenvalue weighted by atomic mass is 19.1. The molecule has 0 unspecified atom stereocenters. The highest BCUT2D eigenvalue weighted by Gasteiger charge is 2.44. The average molecular weight is 291 g/mol. The molecule has 2 heterocycles. The molecule has 8 heteroatoms. The Morgan fingerprint density at radius 1 is 1.43 bits per heavy atom. The third-order valence-electron chi connectivity index (χ3n) is 3.48. The van der Waals surface area contributed by atoms with Crippen molar-refractivity contribution in [3.05, 3.63) is 35.9 Å². The van der Waals surface area contributed by atoms with Crippen LogP contribution in [0.3, 0.4) is 0 Å². The zero-order valence-corrected chi connectivity index (χ0v) is 11.4. The number of carbonyl (C=O) groups is 1. The van der Waals surface area contributed by atoms with Crippen molar-refractivity contribution >= 4 is 11.8 Å². The van der Waals surface area contributed by atoms with Gasteiger partial charge in [-0.1, -0.05) is 5.16 Å². The summed E-state index contributed by atoms with van der Waals surface area (Å²) in [6.45, 7) is 1.70. The van der Waals surface area contributed by atoms with Crippen LogP contribution in [0.2, 0.25) is 0 Å². The molecular weight excluding hydrogens is 277 g/mol. The van der Waals surface area contributed by atoms with Crippen molar-refractivity contribution < 1.29 is 13.7 Å². The molecule has 3 rings (SSSR count). The second-order valence-electron chi connectivity index (χ2n) is 5.01. The largest absolute Gasteiger partial charge is 0.340 e. The van der Waals surface area contributed by atoms with Crippen LogP contribution in [0.15, 0.2) is 22.9 Å². The van der Waals surface area contributed by atoms with E-state index in [4.69, 9.17) is 4.52 Å². The van der Waals surface area contributed by atoms with Gasteiger partial charge in [-0.25, -0.2) is 14.2 Å². The molecule has 7 nitrogen and oxygen atoms in total. The zero-order valence-electron chi connectivity index (χ0n) is 11.4. The van der Waals surface area contributed by atoms with Crippen LogP contribution in [-0.2, 0) is 5.54 Å². The molecule has 0 saturated heterocycles.